The summed E-state index contributed by atoms with van der Waals surface area (Å²) in [5.41, 5.74) is 0.556. The van der Waals surface area contributed by atoms with E-state index in [1.165, 1.54) is 12.1 Å². The first-order valence-corrected chi connectivity index (χ1v) is 7.00. The van der Waals surface area contributed by atoms with E-state index in [0.717, 1.165) is 0 Å². The number of hydrogen-bond donors (Lipinski definition) is 2. The molecule has 1 aromatic rings. The molecule has 2 N–H and O–H groups in total. The minimum atomic E-state index is -3.61. The number of aliphatic imine (C=N–C) groups is 2. The number of isothiocyanates is 1. The van der Waals surface area contributed by atoms with Crippen LogP contribution in [-0.2, 0) is 10.0 Å². The number of guanidine groups is 1. The molecule has 0 radical (unpaired) electrons. The van der Waals surface area contributed by atoms with Crippen molar-refractivity contribution in [2.75, 3.05) is 13.1 Å². The van der Waals surface area contributed by atoms with E-state index in [2.05, 4.69) is 37.4 Å². The number of sulfonamides is 1. The molecule has 2 rings (SSSR count). The molecule has 1 aliphatic rings. The van der Waals surface area contributed by atoms with Crippen LogP contribution < -0.4 is 10.0 Å². The lowest BCUT2D eigenvalue weighted by Gasteiger charge is -2.07. The Morgan fingerprint density at radius 3 is 2.67 bits per heavy atom. The summed E-state index contributed by atoms with van der Waals surface area (Å²) in [6, 6.07) is 6.00. The molecule has 94 valence electrons. The number of thiocarbonyl (C=S) groups is 1. The summed E-state index contributed by atoms with van der Waals surface area (Å²) in [7, 11) is -3.61. The predicted molar refractivity (Wildman–Crippen MR) is 71.8 cm³/mol. The third kappa shape index (κ3) is 2.92. The van der Waals surface area contributed by atoms with Crippen LogP contribution in [0.4, 0.5) is 5.69 Å². The van der Waals surface area contributed by atoms with E-state index in [4.69, 9.17) is 0 Å². The van der Waals surface area contributed by atoms with E-state index >= 15 is 0 Å². The molecule has 8 heteroatoms. The van der Waals surface area contributed by atoms with Crippen molar-refractivity contribution in [1.29, 1.82) is 0 Å². The van der Waals surface area contributed by atoms with E-state index in [9.17, 15) is 8.42 Å². The van der Waals surface area contributed by atoms with Gasteiger partial charge in [-0.05, 0) is 36.5 Å². The summed E-state index contributed by atoms with van der Waals surface area (Å²) < 4.78 is 26.3. The number of nitrogens with one attached hydrogen (secondary N) is 2. The molecule has 0 unspecified atom stereocenters. The summed E-state index contributed by atoms with van der Waals surface area (Å²) in [6.45, 7) is 1.21. The Hall–Kier alpha value is -1.76. The van der Waals surface area contributed by atoms with Crippen molar-refractivity contribution in [2.24, 2.45) is 9.98 Å². The van der Waals surface area contributed by atoms with E-state index < -0.39 is 10.0 Å². The Labute approximate surface area is 110 Å². The zero-order chi connectivity index (χ0) is 13.0. The Bertz CT molecular complexity index is 616. The van der Waals surface area contributed by atoms with Crippen molar-refractivity contribution >= 4 is 39.0 Å². The smallest absolute Gasteiger partial charge is 0.264 e. The molecule has 0 atom stereocenters. The van der Waals surface area contributed by atoms with Gasteiger partial charge in [0.15, 0.2) is 0 Å². The van der Waals surface area contributed by atoms with Gasteiger partial charge in [-0.25, -0.2) is 13.1 Å². The molecule has 1 heterocycles. The van der Waals surface area contributed by atoms with Crippen LogP contribution in [0.2, 0.25) is 0 Å². The van der Waals surface area contributed by atoms with E-state index in [1.54, 1.807) is 12.1 Å². The molecule has 18 heavy (non-hydrogen) atoms. The van der Waals surface area contributed by atoms with Gasteiger partial charge in [-0.3, -0.25) is 4.99 Å². The summed E-state index contributed by atoms with van der Waals surface area (Å²) in [5, 5.41) is 5.05. The monoisotopic (exact) mass is 282 g/mol. The van der Waals surface area contributed by atoms with Crippen LogP contribution in [0.15, 0.2) is 39.1 Å². The van der Waals surface area contributed by atoms with Gasteiger partial charge in [0.2, 0.25) is 5.96 Å². The van der Waals surface area contributed by atoms with Crippen molar-refractivity contribution in [2.45, 2.75) is 4.90 Å². The first-order valence-electron chi connectivity index (χ1n) is 5.11. The minimum Gasteiger partial charge on any atom is -0.354 e. The maximum Gasteiger partial charge on any atom is 0.264 e. The molecule has 0 saturated carbocycles. The second kappa shape index (κ2) is 5.26. The molecular formula is C10H10N4O2S2. The standard InChI is InChI=1S/C10H10N4O2S2/c15-18(16,14-10-11-5-6-12-10)9-3-1-8(2-4-9)13-7-17/h1-4H,5-6H2,(H2,11,12,14). The molecular weight excluding hydrogens is 272 g/mol. The normalized spacial score (nSPS) is 14.3. The molecule has 0 aliphatic carbocycles. The van der Waals surface area contributed by atoms with Crippen LogP contribution in [0, 0.1) is 0 Å². The van der Waals surface area contributed by atoms with Crippen LogP contribution in [-0.4, -0.2) is 32.6 Å². The molecule has 0 saturated heterocycles. The van der Waals surface area contributed by atoms with Crippen LogP contribution in [0.1, 0.15) is 0 Å². The zero-order valence-corrected chi connectivity index (χ0v) is 10.9. The van der Waals surface area contributed by atoms with Gasteiger partial charge in [0.25, 0.3) is 10.0 Å². The predicted octanol–water partition coefficient (Wildman–Crippen LogP) is 0.658. The molecule has 0 aromatic heterocycles. The Morgan fingerprint density at radius 2 is 2.11 bits per heavy atom. The highest BCUT2D eigenvalue weighted by atomic mass is 32.2. The number of rotatable bonds is 3. The van der Waals surface area contributed by atoms with E-state index in [0.29, 0.717) is 18.8 Å². The fourth-order valence-electron chi connectivity index (χ4n) is 1.40. The van der Waals surface area contributed by atoms with Crippen molar-refractivity contribution < 1.29 is 8.42 Å². The van der Waals surface area contributed by atoms with Crippen molar-refractivity contribution in [3.05, 3.63) is 24.3 Å². The second-order valence-corrected chi connectivity index (χ2v) is 5.32. The third-order valence-corrected chi connectivity index (χ3v) is 3.67. The first kappa shape index (κ1) is 12.7. The number of nitrogens with zero attached hydrogens (tertiary/aromatic N) is 2. The van der Waals surface area contributed by atoms with Gasteiger partial charge in [0.1, 0.15) is 0 Å². The Balaban J connectivity index is 2.21. The average molecular weight is 282 g/mol. The molecule has 1 aromatic carbocycles. The molecule has 0 spiro atoms. The van der Waals surface area contributed by atoms with Crippen LogP contribution in [0.25, 0.3) is 0 Å². The molecule has 1 aliphatic heterocycles. The van der Waals surface area contributed by atoms with Gasteiger partial charge in [0.05, 0.1) is 22.3 Å². The van der Waals surface area contributed by atoms with Crippen LogP contribution in [0.5, 0.6) is 0 Å². The highest BCUT2D eigenvalue weighted by Gasteiger charge is 2.17. The van der Waals surface area contributed by atoms with Gasteiger partial charge in [-0.1, -0.05) is 0 Å². The lowest BCUT2D eigenvalue weighted by Crippen LogP contribution is -2.38. The molecule has 6 nitrogen and oxygen atoms in total. The quantitative estimate of drug-likeness (QED) is 0.630. The molecule has 0 amide bonds. The zero-order valence-electron chi connectivity index (χ0n) is 9.25. The Morgan fingerprint density at radius 1 is 1.39 bits per heavy atom. The summed E-state index contributed by atoms with van der Waals surface area (Å²) in [5.74, 6) is 0.274. The maximum absolute atomic E-state index is 12.0. The lowest BCUT2D eigenvalue weighted by atomic mass is 10.3. The fourth-order valence-corrected chi connectivity index (χ4v) is 2.51. The highest BCUT2D eigenvalue weighted by molar-refractivity contribution is 7.90. The average Bonchev–Trinajstić information content (AvgIpc) is 2.82. The Kier molecular flexibility index (Phi) is 3.71. The van der Waals surface area contributed by atoms with Crippen molar-refractivity contribution in [3.63, 3.8) is 0 Å². The third-order valence-electron chi connectivity index (χ3n) is 2.23. The number of hydrogen-bond acceptors (Lipinski definition) is 6. The largest absolute Gasteiger partial charge is 0.354 e. The van der Waals surface area contributed by atoms with Gasteiger partial charge in [0, 0.05) is 6.54 Å². The lowest BCUT2D eigenvalue weighted by molar-refractivity contribution is 0.592. The van der Waals surface area contributed by atoms with Crippen LogP contribution in [0.3, 0.4) is 0 Å². The van der Waals surface area contributed by atoms with Gasteiger partial charge in [-0.2, -0.15) is 4.99 Å². The first-order chi connectivity index (χ1) is 8.62. The molecule has 0 fully saturated rings. The van der Waals surface area contributed by atoms with Crippen LogP contribution >= 0.6 is 12.2 Å². The van der Waals surface area contributed by atoms with E-state index in [1.807, 2.05) is 0 Å². The highest BCUT2D eigenvalue weighted by Crippen LogP contribution is 2.15. The topological polar surface area (TPSA) is 82.9 Å². The van der Waals surface area contributed by atoms with Crippen molar-refractivity contribution in [1.82, 2.24) is 10.0 Å². The SMILES string of the molecule is O=S(=O)(NC1=NCCN1)c1ccc(N=C=S)cc1. The van der Waals surface area contributed by atoms with Crippen molar-refractivity contribution in [3.8, 4) is 0 Å². The maximum atomic E-state index is 12.0. The summed E-state index contributed by atoms with van der Waals surface area (Å²) in [6.07, 6.45) is 0. The second-order valence-electron chi connectivity index (χ2n) is 3.46. The van der Waals surface area contributed by atoms with Gasteiger partial charge in [-0.15, -0.1) is 0 Å². The van der Waals surface area contributed by atoms with Gasteiger partial charge >= 0.3 is 0 Å². The fraction of sp³-hybridized carbons (Fsp3) is 0.200. The molecule has 0 bridgehead atoms. The number of benzene rings is 1. The minimum absolute atomic E-state index is 0.141. The summed E-state index contributed by atoms with van der Waals surface area (Å²) in [4.78, 5) is 7.85. The summed E-state index contributed by atoms with van der Waals surface area (Å²) >= 11 is 4.46. The van der Waals surface area contributed by atoms with E-state index in [-0.39, 0.29) is 10.9 Å². The van der Waals surface area contributed by atoms with Gasteiger partial charge < -0.3 is 5.32 Å².